The van der Waals surface area contributed by atoms with Gasteiger partial charge in [0.25, 0.3) is 5.91 Å². The molecule has 1 aliphatic rings. The summed E-state index contributed by atoms with van der Waals surface area (Å²) in [4.78, 5) is 14.9. The van der Waals surface area contributed by atoms with E-state index in [0.29, 0.717) is 18.7 Å². The van der Waals surface area contributed by atoms with E-state index in [0.717, 1.165) is 36.4 Å². The molecule has 1 fully saturated rings. The zero-order valence-electron chi connectivity index (χ0n) is 14.8. The summed E-state index contributed by atoms with van der Waals surface area (Å²) in [6, 6.07) is 13.6. The van der Waals surface area contributed by atoms with Gasteiger partial charge >= 0.3 is 0 Å². The Labute approximate surface area is 152 Å². The van der Waals surface area contributed by atoms with Crippen molar-refractivity contribution < 1.29 is 9.53 Å². The lowest BCUT2D eigenvalue weighted by Gasteiger charge is -2.32. The van der Waals surface area contributed by atoms with E-state index in [1.807, 2.05) is 58.0 Å². The van der Waals surface area contributed by atoms with Crippen molar-refractivity contribution >= 4 is 11.6 Å². The van der Waals surface area contributed by atoms with E-state index in [2.05, 4.69) is 10.2 Å². The van der Waals surface area contributed by atoms with Gasteiger partial charge in [-0.05, 0) is 42.7 Å². The van der Waals surface area contributed by atoms with E-state index >= 15 is 0 Å². The van der Waals surface area contributed by atoms with Gasteiger partial charge in [0.2, 0.25) is 0 Å². The monoisotopic (exact) mass is 350 g/mol. The van der Waals surface area contributed by atoms with Gasteiger partial charge < -0.3 is 9.64 Å². The lowest BCUT2D eigenvalue weighted by Crippen LogP contribution is -2.39. The van der Waals surface area contributed by atoms with Gasteiger partial charge in [0.1, 0.15) is 5.82 Å². The molecule has 0 spiro atoms. The maximum absolute atomic E-state index is 13.0. The van der Waals surface area contributed by atoms with Crippen LogP contribution in [0.4, 0.5) is 0 Å². The molecule has 0 saturated carbocycles. The number of carbonyl (C=O) groups is 1. The number of nitrogens with zero attached hydrogens (tertiary/aromatic N) is 4. The number of carbonyl (C=O) groups excluding carboxylic acids is 1. The number of fused-ring (bicyclic) bond motifs is 1. The quantitative estimate of drug-likeness (QED) is 0.726. The second kappa shape index (κ2) is 7.25. The second-order valence-electron chi connectivity index (χ2n) is 6.71. The van der Waals surface area contributed by atoms with E-state index in [4.69, 9.17) is 4.74 Å². The van der Waals surface area contributed by atoms with Crippen LogP contribution >= 0.6 is 0 Å². The zero-order valence-corrected chi connectivity index (χ0v) is 14.8. The Balaban J connectivity index is 1.55. The topological polar surface area (TPSA) is 59.7 Å². The van der Waals surface area contributed by atoms with Crippen molar-refractivity contribution in [3.05, 3.63) is 65.6 Å². The van der Waals surface area contributed by atoms with Crippen LogP contribution in [-0.4, -0.2) is 45.6 Å². The number of ether oxygens (including phenoxy) is 1. The van der Waals surface area contributed by atoms with Crippen LogP contribution < -0.4 is 0 Å². The van der Waals surface area contributed by atoms with Gasteiger partial charge in [-0.15, -0.1) is 10.2 Å². The normalized spacial score (nSPS) is 17.6. The van der Waals surface area contributed by atoms with Gasteiger partial charge in [0.15, 0.2) is 5.65 Å². The molecule has 26 heavy (non-hydrogen) atoms. The molecule has 3 aromatic rings. The average Bonchev–Trinajstić information content (AvgIpc) is 3.12. The second-order valence-corrected chi connectivity index (χ2v) is 6.71. The first-order valence-corrected chi connectivity index (χ1v) is 8.93. The molecule has 1 amide bonds. The first-order chi connectivity index (χ1) is 12.8. The van der Waals surface area contributed by atoms with Crippen molar-refractivity contribution in [2.45, 2.75) is 25.4 Å². The summed E-state index contributed by atoms with van der Waals surface area (Å²) < 4.78 is 7.20. The maximum Gasteiger partial charge on any atom is 0.253 e. The predicted molar refractivity (Wildman–Crippen MR) is 98.0 cm³/mol. The Hall–Kier alpha value is -2.73. The Morgan fingerprint density at radius 3 is 3.04 bits per heavy atom. The molecule has 0 bridgehead atoms. The van der Waals surface area contributed by atoms with Crippen LogP contribution in [0.5, 0.6) is 0 Å². The van der Waals surface area contributed by atoms with Crippen LogP contribution in [0, 0.1) is 0 Å². The molecule has 3 heterocycles. The minimum Gasteiger partial charge on any atom is -0.380 e. The van der Waals surface area contributed by atoms with Crippen LogP contribution in [0.2, 0.25) is 0 Å². The summed E-state index contributed by atoms with van der Waals surface area (Å²) in [5.74, 6) is 1.21. The number of likely N-dealkylation sites (tertiary alicyclic amines) is 1. The van der Waals surface area contributed by atoms with Crippen molar-refractivity contribution in [3.63, 3.8) is 0 Å². The molecule has 134 valence electrons. The van der Waals surface area contributed by atoms with Crippen LogP contribution in [0.1, 0.15) is 40.5 Å². The standard InChI is InChI=1S/C20H22N4O2/c1-26-14-15-6-4-7-16(12-15)20(25)23-10-5-8-17(13-23)19-22-21-18-9-2-3-11-24(18)19/h2-4,6-7,9,11-12,17H,5,8,10,13-14H2,1H3. The average molecular weight is 350 g/mol. The number of hydrogen-bond acceptors (Lipinski definition) is 4. The molecule has 0 radical (unpaired) electrons. The fraction of sp³-hybridized carbons (Fsp3) is 0.350. The molecule has 4 rings (SSSR count). The summed E-state index contributed by atoms with van der Waals surface area (Å²) >= 11 is 0. The number of benzene rings is 1. The number of hydrogen-bond donors (Lipinski definition) is 0. The van der Waals surface area contributed by atoms with Gasteiger partial charge in [0, 0.05) is 37.9 Å². The zero-order chi connectivity index (χ0) is 17.9. The minimum absolute atomic E-state index is 0.0708. The van der Waals surface area contributed by atoms with E-state index in [9.17, 15) is 4.79 Å². The minimum atomic E-state index is 0.0708. The van der Waals surface area contributed by atoms with Crippen LogP contribution in [-0.2, 0) is 11.3 Å². The fourth-order valence-corrected chi connectivity index (χ4v) is 3.65. The molecule has 0 N–H and O–H groups in total. The predicted octanol–water partition coefficient (Wildman–Crippen LogP) is 2.90. The fourth-order valence-electron chi connectivity index (χ4n) is 3.65. The van der Waals surface area contributed by atoms with Crippen LogP contribution in [0.25, 0.3) is 5.65 Å². The molecule has 1 aromatic carbocycles. The lowest BCUT2D eigenvalue weighted by molar-refractivity contribution is 0.0704. The number of piperidine rings is 1. The van der Waals surface area contributed by atoms with Crippen molar-refractivity contribution in [2.24, 2.45) is 0 Å². The molecule has 6 heteroatoms. The lowest BCUT2D eigenvalue weighted by atomic mass is 9.96. The largest absolute Gasteiger partial charge is 0.380 e. The molecule has 6 nitrogen and oxygen atoms in total. The Morgan fingerprint density at radius 1 is 1.23 bits per heavy atom. The summed E-state index contributed by atoms with van der Waals surface area (Å²) in [6.07, 6.45) is 3.97. The third kappa shape index (κ3) is 3.20. The van der Waals surface area contributed by atoms with Crippen molar-refractivity contribution in [1.29, 1.82) is 0 Å². The van der Waals surface area contributed by atoms with Gasteiger partial charge in [-0.2, -0.15) is 0 Å². The highest BCUT2D eigenvalue weighted by Gasteiger charge is 2.28. The van der Waals surface area contributed by atoms with Crippen LogP contribution in [0.15, 0.2) is 48.7 Å². The molecular weight excluding hydrogens is 328 g/mol. The maximum atomic E-state index is 13.0. The molecule has 1 atom stereocenters. The Kier molecular flexibility index (Phi) is 4.67. The van der Waals surface area contributed by atoms with Gasteiger partial charge in [-0.25, -0.2) is 0 Å². The molecular formula is C20H22N4O2. The van der Waals surface area contributed by atoms with E-state index in [1.165, 1.54) is 0 Å². The van der Waals surface area contributed by atoms with Crippen LogP contribution in [0.3, 0.4) is 0 Å². The smallest absolute Gasteiger partial charge is 0.253 e. The van der Waals surface area contributed by atoms with Gasteiger partial charge in [-0.1, -0.05) is 18.2 Å². The third-order valence-corrected chi connectivity index (χ3v) is 4.90. The number of methoxy groups -OCH3 is 1. The number of aromatic nitrogens is 3. The highest BCUT2D eigenvalue weighted by Crippen LogP contribution is 2.27. The van der Waals surface area contributed by atoms with Crippen molar-refractivity contribution in [3.8, 4) is 0 Å². The van der Waals surface area contributed by atoms with E-state index in [1.54, 1.807) is 7.11 Å². The number of pyridine rings is 1. The van der Waals surface area contributed by atoms with Gasteiger partial charge in [-0.3, -0.25) is 9.20 Å². The van der Waals surface area contributed by atoms with E-state index < -0.39 is 0 Å². The molecule has 1 aliphatic heterocycles. The number of amides is 1. The van der Waals surface area contributed by atoms with Gasteiger partial charge in [0.05, 0.1) is 6.61 Å². The first kappa shape index (κ1) is 16.7. The molecule has 1 unspecified atom stereocenters. The highest BCUT2D eigenvalue weighted by molar-refractivity contribution is 5.94. The summed E-state index contributed by atoms with van der Waals surface area (Å²) in [5.41, 5.74) is 2.57. The third-order valence-electron chi connectivity index (χ3n) is 4.90. The molecule has 0 aliphatic carbocycles. The SMILES string of the molecule is COCc1cccc(C(=O)N2CCCC(c3nnc4ccccn34)C2)c1. The molecule has 1 saturated heterocycles. The first-order valence-electron chi connectivity index (χ1n) is 8.93. The summed E-state index contributed by atoms with van der Waals surface area (Å²) in [6.45, 7) is 1.96. The number of rotatable bonds is 4. The van der Waals surface area contributed by atoms with Crippen molar-refractivity contribution in [2.75, 3.05) is 20.2 Å². The summed E-state index contributed by atoms with van der Waals surface area (Å²) in [7, 11) is 1.66. The highest BCUT2D eigenvalue weighted by atomic mass is 16.5. The Bertz CT molecular complexity index is 921. The molecule has 2 aromatic heterocycles. The summed E-state index contributed by atoms with van der Waals surface area (Å²) in [5, 5.41) is 8.63. The van der Waals surface area contributed by atoms with Crippen molar-refractivity contribution in [1.82, 2.24) is 19.5 Å². The van der Waals surface area contributed by atoms with E-state index in [-0.39, 0.29) is 11.8 Å². The Morgan fingerprint density at radius 2 is 2.15 bits per heavy atom.